The van der Waals surface area contributed by atoms with E-state index in [1.54, 1.807) is 0 Å². The Morgan fingerprint density at radius 1 is 0.531 bits per heavy atom. The van der Waals surface area contributed by atoms with Gasteiger partial charge in [-0.2, -0.15) is 0 Å². The Hall–Kier alpha value is -2.94. The molecule has 0 amide bonds. The van der Waals surface area contributed by atoms with E-state index in [1.165, 1.54) is 33.6 Å². The predicted molar refractivity (Wildman–Crippen MR) is 134 cm³/mol. The molecule has 0 bridgehead atoms. The topological polar surface area (TPSA) is 6.48 Å². The van der Waals surface area contributed by atoms with Crippen molar-refractivity contribution in [3.05, 3.63) is 129 Å². The van der Waals surface area contributed by atoms with E-state index in [1.807, 2.05) is 12.1 Å². The summed E-state index contributed by atoms with van der Waals surface area (Å²) in [6.45, 7) is 0. The van der Waals surface area contributed by atoms with E-state index in [2.05, 4.69) is 109 Å². The number of fused-ring (bicyclic) bond motifs is 5. The van der Waals surface area contributed by atoms with Crippen LogP contribution in [-0.4, -0.2) is 14.1 Å². The van der Waals surface area contributed by atoms with Gasteiger partial charge < -0.3 is 9.80 Å². The lowest BCUT2D eigenvalue weighted by Crippen LogP contribution is -2.58. The smallest absolute Gasteiger partial charge is 0.124 e. The van der Waals surface area contributed by atoms with Crippen molar-refractivity contribution in [1.29, 1.82) is 0 Å². The minimum atomic E-state index is -0.530. The number of nitrogens with zero attached hydrogens (tertiary/aromatic N) is 2. The predicted octanol–water partition coefficient (Wildman–Crippen LogP) is 7.08. The molecule has 0 spiro atoms. The Morgan fingerprint density at radius 3 is 1.28 bits per heavy atom. The minimum absolute atomic E-state index is 0.530. The first kappa shape index (κ1) is 19.7. The van der Waals surface area contributed by atoms with Crippen molar-refractivity contribution >= 4 is 34.6 Å². The molecular weight excluding hydrogens is 435 g/mol. The highest BCUT2D eigenvalue weighted by atomic mass is 35.5. The highest BCUT2D eigenvalue weighted by Crippen LogP contribution is 2.69. The van der Waals surface area contributed by atoms with Crippen LogP contribution in [0.1, 0.15) is 22.3 Å². The van der Waals surface area contributed by atoms with Crippen LogP contribution in [0.25, 0.3) is 0 Å². The first-order valence-corrected chi connectivity index (χ1v) is 11.5. The largest absolute Gasteiger partial charge is 0.358 e. The summed E-state index contributed by atoms with van der Waals surface area (Å²) in [5, 5.41) is 1.47. The minimum Gasteiger partial charge on any atom is -0.358 e. The fourth-order valence-electron chi connectivity index (χ4n) is 6.25. The van der Waals surface area contributed by atoms with E-state index in [4.69, 9.17) is 23.2 Å². The summed E-state index contributed by atoms with van der Waals surface area (Å²) in [5.74, 6) is 0. The summed E-state index contributed by atoms with van der Waals surface area (Å²) in [6, 6.07) is 34.0. The van der Waals surface area contributed by atoms with Gasteiger partial charge in [0.25, 0.3) is 0 Å². The molecule has 2 atom stereocenters. The lowest BCUT2D eigenvalue weighted by molar-refractivity contribution is 0.356. The van der Waals surface area contributed by atoms with E-state index < -0.39 is 11.1 Å². The third-order valence-electron chi connectivity index (χ3n) is 7.33. The number of hydrogen-bond acceptors (Lipinski definition) is 2. The quantitative estimate of drug-likeness (QED) is 0.317. The molecule has 2 nitrogen and oxygen atoms in total. The number of anilines is 2. The molecule has 2 aliphatic rings. The summed E-state index contributed by atoms with van der Waals surface area (Å²) in [7, 11) is 4.38. The molecule has 0 aromatic heterocycles. The molecule has 2 unspecified atom stereocenters. The Kier molecular flexibility index (Phi) is 4.18. The monoisotopic (exact) mass is 456 g/mol. The van der Waals surface area contributed by atoms with Gasteiger partial charge in [0.05, 0.1) is 0 Å². The van der Waals surface area contributed by atoms with Crippen molar-refractivity contribution in [2.24, 2.45) is 0 Å². The molecule has 0 saturated heterocycles. The first-order valence-electron chi connectivity index (χ1n) is 10.7. The van der Waals surface area contributed by atoms with Gasteiger partial charge in [-0.05, 0) is 47.5 Å². The van der Waals surface area contributed by atoms with Crippen LogP contribution in [0.15, 0.2) is 97.1 Å². The third kappa shape index (κ3) is 2.17. The van der Waals surface area contributed by atoms with Crippen LogP contribution in [0, 0.1) is 0 Å². The van der Waals surface area contributed by atoms with Crippen LogP contribution in [0.3, 0.4) is 0 Å². The number of halogens is 2. The van der Waals surface area contributed by atoms with Crippen molar-refractivity contribution in [1.82, 2.24) is 0 Å². The molecule has 4 heteroatoms. The average molecular weight is 457 g/mol. The summed E-state index contributed by atoms with van der Waals surface area (Å²) >= 11 is 13.3. The lowest BCUT2D eigenvalue weighted by atomic mass is 9.65. The first-order chi connectivity index (χ1) is 15.5. The van der Waals surface area contributed by atoms with Crippen LogP contribution in [0.2, 0.25) is 10.0 Å². The van der Waals surface area contributed by atoms with Gasteiger partial charge in [-0.15, -0.1) is 0 Å². The SMILES string of the molecule is CN1c2ccc(Cl)cc2C2(c3ccccc3)N(C)c3ccc(Cl)cc3C12c1ccccc1. The van der Waals surface area contributed by atoms with Crippen LogP contribution in [0.5, 0.6) is 0 Å². The van der Waals surface area contributed by atoms with Gasteiger partial charge in [-0.25, -0.2) is 0 Å². The highest BCUT2D eigenvalue weighted by Gasteiger charge is 2.70. The lowest BCUT2D eigenvalue weighted by Gasteiger charge is -2.49. The summed E-state index contributed by atoms with van der Waals surface area (Å²) in [6.07, 6.45) is 0. The zero-order valence-electron chi connectivity index (χ0n) is 17.9. The maximum Gasteiger partial charge on any atom is 0.124 e. The zero-order chi connectivity index (χ0) is 22.1. The van der Waals surface area contributed by atoms with Crippen molar-refractivity contribution in [3.8, 4) is 0 Å². The van der Waals surface area contributed by atoms with Gasteiger partial charge in [0.1, 0.15) is 11.1 Å². The maximum atomic E-state index is 6.63. The fourth-order valence-corrected chi connectivity index (χ4v) is 6.60. The summed E-state index contributed by atoms with van der Waals surface area (Å²) in [5.41, 5.74) is 6.09. The summed E-state index contributed by atoms with van der Waals surface area (Å²) < 4.78 is 0. The van der Waals surface area contributed by atoms with Crippen LogP contribution < -0.4 is 9.80 Å². The summed E-state index contributed by atoms with van der Waals surface area (Å²) in [4.78, 5) is 4.83. The Labute approximate surface area is 198 Å². The van der Waals surface area contributed by atoms with Gasteiger partial charge in [-0.1, -0.05) is 83.9 Å². The number of benzene rings is 4. The molecule has 0 saturated carbocycles. The van der Waals surface area contributed by atoms with E-state index in [0.29, 0.717) is 0 Å². The molecule has 0 N–H and O–H groups in total. The van der Waals surface area contributed by atoms with Crippen molar-refractivity contribution in [3.63, 3.8) is 0 Å². The van der Waals surface area contributed by atoms with Crippen LogP contribution >= 0.6 is 23.2 Å². The van der Waals surface area contributed by atoms with E-state index in [0.717, 1.165) is 10.0 Å². The molecule has 0 radical (unpaired) electrons. The van der Waals surface area contributed by atoms with Crippen molar-refractivity contribution in [2.75, 3.05) is 23.9 Å². The van der Waals surface area contributed by atoms with Crippen LogP contribution in [-0.2, 0) is 11.1 Å². The van der Waals surface area contributed by atoms with Crippen molar-refractivity contribution in [2.45, 2.75) is 11.1 Å². The number of likely N-dealkylation sites (N-methyl/N-ethyl adjacent to an activating group) is 2. The molecule has 158 valence electrons. The van der Waals surface area contributed by atoms with Crippen LogP contribution in [0.4, 0.5) is 11.4 Å². The van der Waals surface area contributed by atoms with E-state index in [9.17, 15) is 0 Å². The van der Waals surface area contributed by atoms with Gasteiger partial charge in [0, 0.05) is 46.6 Å². The third-order valence-corrected chi connectivity index (χ3v) is 7.80. The maximum absolute atomic E-state index is 6.63. The van der Waals surface area contributed by atoms with E-state index >= 15 is 0 Å². The molecule has 32 heavy (non-hydrogen) atoms. The fraction of sp³-hybridized carbons (Fsp3) is 0.143. The molecule has 2 heterocycles. The molecular formula is C28H22Cl2N2. The second-order valence-electron chi connectivity index (χ2n) is 8.59. The highest BCUT2D eigenvalue weighted by molar-refractivity contribution is 6.31. The Morgan fingerprint density at radius 2 is 0.906 bits per heavy atom. The van der Waals surface area contributed by atoms with E-state index in [-0.39, 0.29) is 0 Å². The Balaban J connectivity index is 1.86. The van der Waals surface area contributed by atoms with Gasteiger partial charge in [0.15, 0.2) is 0 Å². The van der Waals surface area contributed by atoms with Gasteiger partial charge in [0.2, 0.25) is 0 Å². The zero-order valence-corrected chi connectivity index (χ0v) is 19.4. The molecule has 6 rings (SSSR count). The molecule has 2 aliphatic heterocycles. The molecule has 4 aromatic rings. The van der Waals surface area contributed by atoms with Gasteiger partial charge >= 0.3 is 0 Å². The van der Waals surface area contributed by atoms with Gasteiger partial charge in [-0.3, -0.25) is 0 Å². The second-order valence-corrected chi connectivity index (χ2v) is 9.47. The standard InChI is InChI=1S/C28H22Cl2N2/c1-31-25-15-13-21(29)17-23(25)28(20-11-7-4-8-12-20)27(31,19-9-5-3-6-10-19)24-18-22(30)14-16-26(24)32(28)2/h3-18H,1-2H3. The normalized spacial score (nSPS) is 23.1. The second kappa shape index (κ2) is 6.78. The number of rotatable bonds is 2. The number of hydrogen-bond donors (Lipinski definition) is 0. The molecule has 0 fully saturated rings. The Bertz CT molecular complexity index is 1230. The molecule has 4 aromatic carbocycles. The molecule has 0 aliphatic carbocycles. The van der Waals surface area contributed by atoms with Crippen molar-refractivity contribution < 1.29 is 0 Å². The average Bonchev–Trinajstić information content (AvgIpc) is 3.19.